The van der Waals surface area contributed by atoms with Crippen LogP contribution in [0.3, 0.4) is 0 Å². The van der Waals surface area contributed by atoms with Crippen LogP contribution in [0.5, 0.6) is 0 Å². The zero-order valence-electron chi connectivity index (χ0n) is 13.6. The van der Waals surface area contributed by atoms with Crippen molar-refractivity contribution in [3.05, 3.63) is 0 Å². The fourth-order valence-electron chi connectivity index (χ4n) is 2.85. The lowest BCUT2D eigenvalue weighted by Gasteiger charge is -2.54. The molecule has 10 nitrogen and oxygen atoms in total. The number of Topliss-reactive ketones (excluding diaryl/α,β-unsaturated/α-hetero) is 3. The summed E-state index contributed by atoms with van der Waals surface area (Å²) in [4.78, 5) is 46.9. The number of carbonyl (C=O) groups excluding carboxylic acids is 4. The molecule has 1 amide bonds. The Morgan fingerprint density at radius 3 is 1.79 bits per heavy atom. The van der Waals surface area contributed by atoms with Crippen LogP contribution < -0.4 is 5.32 Å². The van der Waals surface area contributed by atoms with Gasteiger partial charge in [0.1, 0.15) is 18.2 Å². The highest BCUT2D eigenvalue weighted by Crippen LogP contribution is 2.40. The molecule has 1 aliphatic rings. The first-order valence-corrected chi connectivity index (χ1v) is 7.07. The Kier molecular flexibility index (Phi) is 5.63. The molecule has 10 heteroatoms. The van der Waals surface area contributed by atoms with Crippen molar-refractivity contribution in [1.29, 1.82) is 0 Å². The number of ketones is 3. The molecule has 0 aromatic heterocycles. The Morgan fingerprint density at radius 2 is 1.46 bits per heavy atom. The number of aliphatic hydroxyl groups excluding tert-OH is 2. The maximum atomic E-state index is 12.1. The second-order valence-corrected chi connectivity index (χ2v) is 5.83. The minimum Gasteiger partial charge on any atom is -0.382 e. The van der Waals surface area contributed by atoms with E-state index < -0.39 is 59.0 Å². The summed E-state index contributed by atoms with van der Waals surface area (Å²) < 4.78 is 4.93. The van der Waals surface area contributed by atoms with Gasteiger partial charge in [-0.15, -0.1) is 0 Å². The second-order valence-electron chi connectivity index (χ2n) is 5.83. The number of hydrogen-bond acceptors (Lipinski definition) is 9. The minimum absolute atomic E-state index is 0.793. The smallest absolute Gasteiger partial charge is 0.217 e. The van der Waals surface area contributed by atoms with Crippen LogP contribution in [-0.2, 0) is 23.9 Å². The molecule has 2 unspecified atom stereocenters. The van der Waals surface area contributed by atoms with Crippen molar-refractivity contribution in [3.63, 3.8) is 0 Å². The summed E-state index contributed by atoms with van der Waals surface area (Å²) in [6, 6.07) is -1.91. The molecule has 0 aromatic carbocycles. The van der Waals surface area contributed by atoms with E-state index in [1.54, 1.807) is 0 Å². The first kappa shape index (κ1) is 20.3. The van der Waals surface area contributed by atoms with Gasteiger partial charge in [-0.2, -0.15) is 0 Å². The number of aliphatic hydroxyl groups is 4. The van der Waals surface area contributed by atoms with Crippen molar-refractivity contribution in [2.75, 3.05) is 0 Å². The van der Waals surface area contributed by atoms with Crippen molar-refractivity contribution in [2.24, 2.45) is 0 Å². The molecular formula is C14H21NO9. The molecule has 136 valence electrons. The molecule has 24 heavy (non-hydrogen) atoms. The SMILES string of the molecule is CC(=O)N[C@H]1C(O)O[C@H](C(O)C(C)=O)[C@@](O)(C(C)=O)[C@@]1(O)C(C)=O. The highest BCUT2D eigenvalue weighted by atomic mass is 16.6. The summed E-state index contributed by atoms with van der Waals surface area (Å²) in [6.45, 7) is 3.56. The molecule has 0 radical (unpaired) electrons. The van der Waals surface area contributed by atoms with Gasteiger partial charge >= 0.3 is 0 Å². The molecule has 1 rings (SSSR count). The van der Waals surface area contributed by atoms with Crippen LogP contribution in [0.15, 0.2) is 0 Å². The van der Waals surface area contributed by atoms with Crippen molar-refractivity contribution < 1.29 is 44.3 Å². The molecule has 0 saturated carbocycles. The monoisotopic (exact) mass is 347 g/mol. The molecule has 1 heterocycles. The van der Waals surface area contributed by atoms with Crippen LogP contribution in [0, 0.1) is 0 Å². The summed E-state index contributed by atoms with van der Waals surface area (Å²) >= 11 is 0. The van der Waals surface area contributed by atoms with Gasteiger partial charge in [-0.05, 0) is 20.8 Å². The fourth-order valence-corrected chi connectivity index (χ4v) is 2.85. The van der Waals surface area contributed by atoms with Gasteiger partial charge in [0.05, 0.1) is 0 Å². The van der Waals surface area contributed by atoms with Gasteiger partial charge in [0.2, 0.25) is 5.91 Å². The Morgan fingerprint density at radius 1 is 1.00 bits per heavy atom. The molecule has 0 aliphatic carbocycles. The van der Waals surface area contributed by atoms with E-state index in [1.807, 2.05) is 5.32 Å². The van der Waals surface area contributed by atoms with Gasteiger partial charge in [-0.1, -0.05) is 0 Å². The molecule has 0 aromatic rings. The summed E-state index contributed by atoms with van der Waals surface area (Å²) in [5.74, 6) is -4.11. The third kappa shape index (κ3) is 2.87. The topological polar surface area (TPSA) is 170 Å². The second kappa shape index (κ2) is 6.65. The molecule has 6 atom stereocenters. The first-order valence-electron chi connectivity index (χ1n) is 7.07. The van der Waals surface area contributed by atoms with Gasteiger partial charge in [-0.25, -0.2) is 0 Å². The lowest BCUT2D eigenvalue weighted by molar-refractivity contribution is -0.313. The summed E-state index contributed by atoms with van der Waals surface area (Å²) in [5, 5.41) is 43.6. The van der Waals surface area contributed by atoms with E-state index in [0.717, 1.165) is 27.7 Å². The normalized spacial score (nSPS) is 37.4. The standard InChI is InChI=1S/C14H21NO9/c1-5(16)9(20)11-14(23,7(3)18)13(22,6(2)17)10(12(21)24-11)15-8(4)19/h9-12,20-23H,1-4H3,(H,15,19)/t9?,10-,11+,12?,13+,14-/m0/s1. The lowest BCUT2D eigenvalue weighted by atomic mass is 9.66. The maximum absolute atomic E-state index is 12.1. The number of hydrogen-bond donors (Lipinski definition) is 5. The highest BCUT2D eigenvalue weighted by Gasteiger charge is 2.71. The predicted octanol–water partition coefficient (Wildman–Crippen LogP) is -3.20. The number of nitrogens with one attached hydrogen (secondary N) is 1. The zero-order chi connectivity index (χ0) is 19.0. The molecule has 1 saturated heterocycles. The molecule has 1 aliphatic heterocycles. The van der Waals surface area contributed by atoms with Crippen LogP contribution in [0.25, 0.3) is 0 Å². The van der Waals surface area contributed by atoms with Gasteiger partial charge in [0, 0.05) is 6.92 Å². The van der Waals surface area contributed by atoms with Crippen LogP contribution in [0.4, 0.5) is 0 Å². The predicted molar refractivity (Wildman–Crippen MR) is 76.4 cm³/mol. The van der Waals surface area contributed by atoms with Crippen LogP contribution in [0.1, 0.15) is 27.7 Å². The van der Waals surface area contributed by atoms with Crippen molar-refractivity contribution in [1.82, 2.24) is 5.32 Å². The van der Waals surface area contributed by atoms with Gasteiger partial charge in [0.25, 0.3) is 0 Å². The zero-order valence-corrected chi connectivity index (χ0v) is 13.6. The fraction of sp³-hybridized carbons (Fsp3) is 0.714. The Balaban J connectivity index is 3.64. The Labute approximate surface area is 137 Å². The van der Waals surface area contributed by atoms with E-state index in [-0.39, 0.29) is 0 Å². The lowest BCUT2D eigenvalue weighted by Crippen LogP contribution is -2.83. The van der Waals surface area contributed by atoms with Crippen molar-refractivity contribution >= 4 is 23.3 Å². The molecule has 0 bridgehead atoms. The highest BCUT2D eigenvalue weighted by molar-refractivity contribution is 6.00. The van der Waals surface area contributed by atoms with Crippen LogP contribution >= 0.6 is 0 Å². The number of amides is 1. The van der Waals surface area contributed by atoms with Gasteiger partial charge in [-0.3, -0.25) is 19.2 Å². The Bertz CT molecular complexity index is 559. The summed E-state index contributed by atoms with van der Waals surface area (Å²) in [5.41, 5.74) is -6.13. The molecular weight excluding hydrogens is 326 g/mol. The minimum atomic E-state index is -3.09. The van der Waals surface area contributed by atoms with E-state index in [4.69, 9.17) is 4.74 Å². The summed E-state index contributed by atoms with van der Waals surface area (Å²) in [7, 11) is 0. The quantitative estimate of drug-likeness (QED) is 0.343. The third-order valence-electron chi connectivity index (χ3n) is 4.15. The maximum Gasteiger partial charge on any atom is 0.217 e. The average molecular weight is 347 g/mol. The Hall–Kier alpha value is -1.72. The molecule has 1 fully saturated rings. The van der Waals surface area contributed by atoms with Gasteiger partial charge in [0.15, 0.2) is 34.8 Å². The van der Waals surface area contributed by atoms with Crippen LogP contribution in [-0.4, -0.2) is 79.4 Å². The first-order chi connectivity index (χ1) is 10.8. The summed E-state index contributed by atoms with van der Waals surface area (Å²) in [6.07, 6.45) is -6.32. The van der Waals surface area contributed by atoms with E-state index >= 15 is 0 Å². The number of ether oxygens (including phenoxy) is 1. The van der Waals surface area contributed by atoms with E-state index in [0.29, 0.717) is 0 Å². The number of rotatable bonds is 5. The van der Waals surface area contributed by atoms with E-state index in [1.165, 1.54) is 0 Å². The van der Waals surface area contributed by atoms with Crippen molar-refractivity contribution in [2.45, 2.75) is 63.4 Å². The van der Waals surface area contributed by atoms with Crippen LogP contribution in [0.2, 0.25) is 0 Å². The number of carbonyl (C=O) groups is 4. The molecule has 0 spiro atoms. The third-order valence-corrected chi connectivity index (χ3v) is 4.15. The average Bonchev–Trinajstić information content (AvgIpc) is 2.45. The largest absolute Gasteiger partial charge is 0.382 e. The van der Waals surface area contributed by atoms with Gasteiger partial charge < -0.3 is 30.5 Å². The molecule has 5 N–H and O–H groups in total. The van der Waals surface area contributed by atoms with Crippen molar-refractivity contribution in [3.8, 4) is 0 Å². The van der Waals surface area contributed by atoms with E-state index in [9.17, 15) is 39.6 Å². The van der Waals surface area contributed by atoms with E-state index in [2.05, 4.69) is 0 Å².